The molecule has 0 unspecified atom stereocenters. The Morgan fingerprint density at radius 1 is 1.25 bits per heavy atom. The molecule has 1 heterocycles. The highest BCUT2D eigenvalue weighted by atomic mass is 16.5. The van der Waals surface area contributed by atoms with Crippen molar-refractivity contribution in [2.75, 3.05) is 19.7 Å². The van der Waals surface area contributed by atoms with E-state index in [0.29, 0.717) is 12.3 Å². The standard InChI is InChI=1S/C15H25N3O2/c1-3-5-9-17-15(19)12-20-14-7-6-13(18-11-14)10-16-8-4-2/h6-7,11,16H,3-5,8-10,12H2,1-2H3,(H,17,19). The van der Waals surface area contributed by atoms with Crippen molar-refractivity contribution in [1.29, 1.82) is 0 Å². The van der Waals surface area contributed by atoms with Gasteiger partial charge in [0.1, 0.15) is 5.75 Å². The van der Waals surface area contributed by atoms with E-state index in [9.17, 15) is 4.79 Å². The van der Waals surface area contributed by atoms with Crippen molar-refractivity contribution in [3.05, 3.63) is 24.0 Å². The van der Waals surface area contributed by atoms with E-state index in [0.717, 1.165) is 38.0 Å². The van der Waals surface area contributed by atoms with Gasteiger partial charge in [0.25, 0.3) is 5.91 Å². The quantitative estimate of drug-likeness (QED) is 0.642. The molecule has 1 rings (SSSR count). The van der Waals surface area contributed by atoms with E-state index < -0.39 is 0 Å². The topological polar surface area (TPSA) is 63.2 Å². The predicted molar refractivity (Wildman–Crippen MR) is 79.6 cm³/mol. The molecular formula is C15H25N3O2. The molecule has 0 aliphatic carbocycles. The van der Waals surface area contributed by atoms with Crippen LogP contribution < -0.4 is 15.4 Å². The van der Waals surface area contributed by atoms with Crippen LogP contribution in [-0.4, -0.2) is 30.6 Å². The van der Waals surface area contributed by atoms with Crippen molar-refractivity contribution in [1.82, 2.24) is 15.6 Å². The van der Waals surface area contributed by atoms with Crippen molar-refractivity contribution in [3.63, 3.8) is 0 Å². The second-order valence-corrected chi connectivity index (χ2v) is 4.65. The van der Waals surface area contributed by atoms with Crippen LogP contribution in [0.1, 0.15) is 38.8 Å². The summed E-state index contributed by atoms with van der Waals surface area (Å²) >= 11 is 0. The molecule has 112 valence electrons. The first-order chi connectivity index (χ1) is 9.76. The average molecular weight is 279 g/mol. The van der Waals surface area contributed by atoms with Crippen molar-refractivity contribution < 1.29 is 9.53 Å². The summed E-state index contributed by atoms with van der Waals surface area (Å²) < 4.78 is 5.38. The molecule has 5 nitrogen and oxygen atoms in total. The van der Waals surface area contributed by atoms with Gasteiger partial charge in [-0.3, -0.25) is 9.78 Å². The Labute approximate surface area is 121 Å². The van der Waals surface area contributed by atoms with E-state index in [1.165, 1.54) is 0 Å². The van der Waals surface area contributed by atoms with E-state index in [4.69, 9.17) is 4.74 Å². The maximum atomic E-state index is 11.5. The first-order valence-corrected chi connectivity index (χ1v) is 7.31. The second-order valence-electron chi connectivity index (χ2n) is 4.65. The predicted octanol–water partition coefficient (Wildman–Crippen LogP) is 1.88. The van der Waals surface area contributed by atoms with Crippen LogP contribution in [0.3, 0.4) is 0 Å². The number of rotatable bonds is 10. The van der Waals surface area contributed by atoms with Gasteiger partial charge in [-0.25, -0.2) is 0 Å². The summed E-state index contributed by atoms with van der Waals surface area (Å²) in [5, 5.41) is 6.09. The van der Waals surface area contributed by atoms with Crippen molar-refractivity contribution in [2.45, 2.75) is 39.7 Å². The highest BCUT2D eigenvalue weighted by molar-refractivity contribution is 5.77. The van der Waals surface area contributed by atoms with Crippen LogP contribution >= 0.6 is 0 Å². The minimum atomic E-state index is -0.0906. The SMILES string of the molecule is CCCCNC(=O)COc1ccc(CNCCC)nc1. The lowest BCUT2D eigenvalue weighted by molar-refractivity contribution is -0.123. The summed E-state index contributed by atoms with van der Waals surface area (Å²) in [5.41, 5.74) is 0.971. The molecule has 1 aromatic heterocycles. The van der Waals surface area contributed by atoms with Crippen LogP contribution in [0.5, 0.6) is 5.75 Å². The number of amides is 1. The van der Waals surface area contributed by atoms with Gasteiger partial charge in [0.05, 0.1) is 11.9 Å². The molecule has 0 saturated carbocycles. The maximum Gasteiger partial charge on any atom is 0.257 e. The first-order valence-electron chi connectivity index (χ1n) is 7.31. The lowest BCUT2D eigenvalue weighted by atomic mass is 10.3. The third-order valence-electron chi connectivity index (χ3n) is 2.75. The Morgan fingerprint density at radius 3 is 2.75 bits per heavy atom. The number of aromatic nitrogens is 1. The molecule has 0 saturated heterocycles. The van der Waals surface area contributed by atoms with Gasteiger partial charge in [0, 0.05) is 13.1 Å². The first kappa shape index (κ1) is 16.4. The fourth-order valence-corrected chi connectivity index (χ4v) is 1.60. The smallest absolute Gasteiger partial charge is 0.257 e. The van der Waals surface area contributed by atoms with Gasteiger partial charge in [-0.15, -0.1) is 0 Å². The third-order valence-corrected chi connectivity index (χ3v) is 2.75. The van der Waals surface area contributed by atoms with E-state index in [-0.39, 0.29) is 12.5 Å². The summed E-state index contributed by atoms with van der Waals surface area (Å²) in [6.07, 6.45) is 4.82. The highest BCUT2D eigenvalue weighted by Gasteiger charge is 2.02. The largest absolute Gasteiger partial charge is 0.482 e. The van der Waals surface area contributed by atoms with Crippen LogP contribution in [0.2, 0.25) is 0 Å². The molecule has 0 spiro atoms. The number of nitrogens with zero attached hydrogens (tertiary/aromatic N) is 1. The molecule has 0 aliphatic heterocycles. The second kappa shape index (κ2) is 10.2. The Kier molecular flexibility index (Phi) is 8.38. The summed E-state index contributed by atoms with van der Waals surface area (Å²) in [4.78, 5) is 15.8. The molecule has 2 N–H and O–H groups in total. The van der Waals surface area contributed by atoms with Crippen molar-refractivity contribution in [2.24, 2.45) is 0 Å². The lowest BCUT2D eigenvalue weighted by Gasteiger charge is -2.07. The Morgan fingerprint density at radius 2 is 2.10 bits per heavy atom. The molecule has 0 bridgehead atoms. The Hall–Kier alpha value is -1.62. The summed E-state index contributed by atoms with van der Waals surface area (Å²) in [6, 6.07) is 3.75. The number of unbranched alkanes of at least 4 members (excludes halogenated alkanes) is 1. The van der Waals surface area contributed by atoms with Gasteiger partial charge in [-0.05, 0) is 31.5 Å². The van der Waals surface area contributed by atoms with Gasteiger partial charge in [0.15, 0.2) is 6.61 Å². The molecule has 0 aromatic carbocycles. The normalized spacial score (nSPS) is 10.3. The zero-order chi connectivity index (χ0) is 14.6. The van der Waals surface area contributed by atoms with Gasteiger partial charge in [-0.2, -0.15) is 0 Å². The highest BCUT2D eigenvalue weighted by Crippen LogP contribution is 2.08. The Balaban J connectivity index is 2.25. The molecule has 1 amide bonds. The van der Waals surface area contributed by atoms with E-state index >= 15 is 0 Å². The number of hydrogen-bond acceptors (Lipinski definition) is 4. The molecule has 0 radical (unpaired) electrons. The summed E-state index contributed by atoms with van der Waals surface area (Å²) in [7, 11) is 0. The van der Waals surface area contributed by atoms with Crippen LogP contribution in [-0.2, 0) is 11.3 Å². The van der Waals surface area contributed by atoms with E-state index in [1.54, 1.807) is 6.20 Å². The molecule has 0 aliphatic rings. The van der Waals surface area contributed by atoms with E-state index in [2.05, 4.69) is 29.5 Å². The molecule has 1 aromatic rings. The van der Waals surface area contributed by atoms with Gasteiger partial charge < -0.3 is 15.4 Å². The van der Waals surface area contributed by atoms with Gasteiger partial charge in [0.2, 0.25) is 0 Å². The molecular weight excluding hydrogens is 254 g/mol. The van der Waals surface area contributed by atoms with Gasteiger partial charge >= 0.3 is 0 Å². The summed E-state index contributed by atoms with van der Waals surface area (Å²) in [5.74, 6) is 0.530. The van der Waals surface area contributed by atoms with Crippen molar-refractivity contribution >= 4 is 5.91 Å². The van der Waals surface area contributed by atoms with Crippen LogP contribution in [0.25, 0.3) is 0 Å². The Bertz CT molecular complexity index is 379. The number of ether oxygens (including phenoxy) is 1. The number of hydrogen-bond donors (Lipinski definition) is 2. The van der Waals surface area contributed by atoms with Crippen LogP contribution in [0.4, 0.5) is 0 Å². The maximum absolute atomic E-state index is 11.5. The summed E-state index contributed by atoms with van der Waals surface area (Å²) in [6.45, 7) is 6.70. The molecule has 0 atom stereocenters. The zero-order valence-corrected chi connectivity index (χ0v) is 12.4. The molecule has 5 heteroatoms. The minimum absolute atomic E-state index is 0.0405. The molecule has 0 fully saturated rings. The third kappa shape index (κ3) is 7.09. The number of carbonyl (C=O) groups excluding carboxylic acids is 1. The fourth-order valence-electron chi connectivity index (χ4n) is 1.60. The monoisotopic (exact) mass is 279 g/mol. The minimum Gasteiger partial charge on any atom is -0.482 e. The van der Waals surface area contributed by atoms with Gasteiger partial charge in [-0.1, -0.05) is 20.3 Å². The fraction of sp³-hybridized carbons (Fsp3) is 0.600. The van der Waals surface area contributed by atoms with E-state index in [1.807, 2.05) is 12.1 Å². The number of pyridine rings is 1. The number of nitrogens with one attached hydrogen (secondary N) is 2. The number of carbonyl (C=O) groups is 1. The van der Waals surface area contributed by atoms with Crippen molar-refractivity contribution in [3.8, 4) is 5.75 Å². The molecule has 20 heavy (non-hydrogen) atoms. The van der Waals surface area contributed by atoms with Crippen LogP contribution in [0.15, 0.2) is 18.3 Å². The van der Waals surface area contributed by atoms with Crippen LogP contribution in [0, 0.1) is 0 Å². The lowest BCUT2D eigenvalue weighted by Crippen LogP contribution is -2.29. The average Bonchev–Trinajstić information content (AvgIpc) is 2.47. The zero-order valence-electron chi connectivity index (χ0n) is 12.4.